The van der Waals surface area contributed by atoms with Crippen molar-refractivity contribution in [1.82, 2.24) is 9.97 Å². The predicted octanol–water partition coefficient (Wildman–Crippen LogP) is 1.19. The summed E-state index contributed by atoms with van der Waals surface area (Å²) in [6, 6.07) is 1.91. The monoisotopic (exact) mass is 236 g/mol. The van der Waals surface area contributed by atoms with E-state index in [1.165, 1.54) is 12.8 Å². The van der Waals surface area contributed by atoms with Gasteiger partial charge in [0.05, 0.1) is 0 Å². The molecule has 2 unspecified atom stereocenters. The predicted molar refractivity (Wildman–Crippen MR) is 67.2 cm³/mol. The van der Waals surface area contributed by atoms with Crippen LogP contribution in [-0.4, -0.2) is 36.2 Å². The first-order valence-electron chi connectivity index (χ1n) is 6.09. The molecular formula is C12H20N4O. The van der Waals surface area contributed by atoms with Gasteiger partial charge in [-0.3, -0.25) is 0 Å². The van der Waals surface area contributed by atoms with Crippen molar-refractivity contribution in [2.75, 3.05) is 19.0 Å². The third-order valence-corrected chi connectivity index (χ3v) is 3.04. The Morgan fingerprint density at radius 1 is 1.35 bits per heavy atom. The minimum atomic E-state index is 0.0914. The van der Waals surface area contributed by atoms with Crippen molar-refractivity contribution < 1.29 is 4.74 Å². The van der Waals surface area contributed by atoms with Gasteiger partial charge in [0.1, 0.15) is 6.10 Å². The van der Waals surface area contributed by atoms with E-state index in [4.69, 9.17) is 10.5 Å². The number of hydrogen-bond donors (Lipinski definition) is 1. The van der Waals surface area contributed by atoms with E-state index in [1.807, 2.05) is 19.0 Å². The maximum absolute atomic E-state index is 6.05. The van der Waals surface area contributed by atoms with Crippen LogP contribution in [0.15, 0.2) is 12.3 Å². The second-order valence-corrected chi connectivity index (χ2v) is 4.69. The van der Waals surface area contributed by atoms with Crippen molar-refractivity contribution in [2.45, 2.75) is 37.8 Å². The summed E-state index contributed by atoms with van der Waals surface area (Å²) >= 11 is 0. The first kappa shape index (κ1) is 12.1. The molecule has 2 N–H and O–H groups in total. The van der Waals surface area contributed by atoms with Crippen LogP contribution in [0.2, 0.25) is 0 Å². The Morgan fingerprint density at radius 2 is 2.12 bits per heavy atom. The van der Waals surface area contributed by atoms with Crippen molar-refractivity contribution >= 4 is 5.95 Å². The largest absolute Gasteiger partial charge is 0.473 e. The molecule has 1 aromatic heterocycles. The van der Waals surface area contributed by atoms with Crippen LogP contribution < -0.4 is 15.4 Å². The molecule has 2 rings (SSSR count). The lowest BCUT2D eigenvalue weighted by atomic mass is 9.93. The van der Waals surface area contributed by atoms with Crippen LogP contribution >= 0.6 is 0 Å². The average molecular weight is 236 g/mol. The molecule has 0 spiro atoms. The number of hydrogen-bond acceptors (Lipinski definition) is 5. The van der Waals surface area contributed by atoms with Crippen LogP contribution in [0.1, 0.15) is 25.7 Å². The van der Waals surface area contributed by atoms with Gasteiger partial charge in [-0.2, -0.15) is 4.98 Å². The van der Waals surface area contributed by atoms with E-state index in [0.717, 1.165) is 12.8 Å². The first-order valence-corrected chi connectivity index (χ1v) is 6.09. The third kappa shape index (κ3) is 3.06. The summed E-state index contributed by atoms with van der Waals surface area (Å²) in [6.45, 7) is 0. The SMILES string of the molecule is CN(C)c1nccc(OC2CCCCC2N)n1. The molecule has 5 heteroatoms. The maximum atomic E-state index is 6.05. The summed E-state index contributed by atoms with van der Waals surface area (Å²) in [5, 5.41) is 0. The zero-order chi connectivity index (χ0) is 12.3. The molecule has 0 aliphatic heterocycles. The van der Waals surface area contributed by atoms with Crippen molar-refractivity contribution in [3.63, 3.8) is 0 Å². The maximum Gasteiger partial charge on any atom is 0.228 e. The van der Waals surface area contributed by atoms with Gasteiger partial charge in [0, 0.05) is 32.4 Å². The molecule has 0 aromatic carbocycles. The van der Waals surface area contributed by atoms with Gasteiger partial charge in [0.15, 0.2) is 0 Å². The van der Waals surface area contributed by atoms with E-state index in [-0.39, 0.29) is 12.1 Å². The van der Waals surface area contributed by atoms with E-state index < -0.39 is 0 Å². The van der Waals surface area contributed by atoms with Crippen LogP contribution in [0.3, 0.4) is 0 Å². The molecule has 0 amide bonds. The summed E-state index contributed by atoms with van der Waals surface area (Å²) in [5.41, 5.74) is 6.05. The smallest absolute Gasteiger partial charge is 0.228 e. The number of aromatic nitrogens is 2. The Morgan fingerprint density at radius 3 is 2.82 bits per heavy atom. The molecule has 1 aliphatic carbocycles. The quantitative estimate of drug-likeness (QED) is 0.854. The summed E-state index contributed by atoms with van der Waals surface area (Å²) in [6.07, 6.45) is 6.25. The van der Waals surface area contributed by atoms with Crippen molar-refractivity contribution in [2.24, 2.45) is 5.73 Å². The minimum Gasteiger partial charge on any atom is -0.473 e. The fourth-order valence-corrected chi connectivity index (χ4v) is 2.04. The van der Waals surface area contributed by atoms with Crippen LogP contribution in [-0.2, 0) is 0 Å². The minimum absolute atomic E-state index is 0.0914. The zero-order valence-corrected chi connectivity index (χ0v) is 10.5. The summed E-state index contributed by atoms with van der Waals surface area (Å²) < 4.78 is 5.86. The van der Waals surface area contributed by atoms with Gasteiger partial charge in [-0.1, -0.05) is 6.42 Å². The van der Waals surface area contributed by atoms with Crippen LogP contribution in [0.25, 0.3) is 0 Å². The molecule has 17 heavy (non-hydrogen) atoms. The Hall–Kier alpha value is -1.36. The standard InChI is InChI=1S/C12H20N4O/c1-16(2)12-14-8-7-11(15-12)17-10-6-4-3-5-9(10)13/h7-10H,3-6,13H2,1-2H3. The molecular weight excluding hydrogens is 216 g/mol. The lowest BCUT2D eigenvalue weighted by Gasteiger charge is -2.28. The van der Waals surface area contributed by atoms with Crippen LogP contribution in [0.5, 0.6) is 5.88 Å². The highest BCUT2D eigenvalue weighted by Gasteiger charge is 2.23. The van der Waals surface area contributed by atoms with Crippen molar-refractivity contribution in [3.8, 4) is 5.88 Å². The molecule has 1 saturated carbocycles. The molecule has 1 aliphatic rings. The Balaban J connectivity index is 2.04. The normalized spacial score (nSPS) is 24.4. The molecule has 1 aromatic rings. The second kappa shape index (κ2) is 5.31. The van der Waals surface area contributed by atoms with E-state index >= 15 is 0 Å². The number of anilines is 1. The van der Waals surface area contributed by atoms with Crippen LogP contribution in [0, 0.1) is 0 Å². The Kier molecular flexibility index (Phi) is 3.78. The molecule has 0 radical (unpaired) electrons. The highest BCUT2D eigenvalue weighted by Crippen LogP contribution is 2.22. The van der Waals surface area contributed by atoms with Gasteiger partial charge >= 0.3 is 0 Å². The molecule has 0 bridgehead atoms. The van der Waals surface area contributed by atoms with Gasteiger partial charge in [-0.15, -0.1) is 0 Å². The van der Waals surface area contributed by atoms with Gasteiger partial charge in [0.2, 0.25) is 11.8 Å². The zero-order valence-electron chi connectivity index (χ0n) is 10.5. The van der Waals surface area contributed by atoms with Gasteiger partial charge < -0.3 is 15.4 Å². The van der Waals surface area contributed by atoms with Crippen LogP contribution in [0.4, 0.5) is 5.95 Å². The number of ether oxygens (including phenoxy) is 1. The van der Waals surface area contributed by atoms with Gasteiger partial charge in [-0.25, -0.2) is 4.98 Å². The van der Waals surface area contributed by atoms with Gasteiger partial charge in [0.25, 0.3) is 0 Å². The average Bonchev–Trinajstić information content (AvgIpc) is 2.32. The molecule has 5 nitrogen and oxygen atoms in total. The Bertz CT molecular complexity index is 369. The molecule has 0 saturated heterocycles. The lowest BCUT2D eigenvalue weighted by molar-refractivity contribution is 0.126. The highest BCUT2D eigenvalue weighted by atomic mass is 16.5. The van der Waals surface area contributed by atoms with Crippen molar-refractivity contribution in [3.05, 3.63) is 12.3 Å². The molecule has 94 valence electrons. The first-order chi connectivity index (χ1) is 8.16. The molecule has 1 fully saturated rings. The van der Waals surface area contributed by atoms with E-state index in [0.29, 0.717) is 11.8 Å². The summed E-state index contributed by atoms with van der Waals surface area (Å²) in [4.78, 5) is 10.3. The second-order valence-electron chi connectivity index (χ2n) is 4.69. The molecule has 2 atom stereocenters. The molecule has 1 heterocycles. The van der Waals surface area contributed by atoms with Crippen molar-refractivity contribution in [1.29, 1.82) is 0 Å². The summed E-state index contributed by atoms with van der Waals surface area (Å²) in [7, 11) is 3.82. The summed E-state index contributed by atoms with van der Waals surface area (Å²) in [5.74, 6) is 1.28. The van der Waals surface area contributed by atoms with Gasteiger partial charge in [-0.05, 0) is 19.3 Å². The van der Waals surface area contributed by atoms with E-state index in [9.17, 15) is 0 Å². The number of nitrogens with zero attached hydrogens (tertiary/aromatic N) is 3. The Labute approximate surface area is 102 Å². The fourth-order valence-electron chi connectivity index (χ4n) is 2.04. The van der Waals surface area contributed by atoms with E-state index in [2.05, 4.69) is 9.97 Å². The third-order valence-electron chi connectivity index (χ3n) is 3.04. The number of rotatable bonds is 3. The highest BCUT2D eigenvalue weighted by molar-refractivity contribution is 5.29. The number of nitrogens with two attached hydrogens (primary N) is 1. The topological polar surface area (TPSA) is 64.3 Å². The lowest BCUT2D eigenvalue weighted by Crippen LogP contribution is -2.41. The van der Waals surface area contributed by atoms with E-state index in [1.54, 1.807) is 12.3 Å². The fraction of sp³-hybridized carbons (Fsp3) is 0.667.